The highest BCUT2D eigenvalue weighted by atomic mass is 35.5. The van der Waals surface area contributed by atoms with E-state index in [1.165, 1.54) is 6.33 Å². The number of benzene rings is 1. The second kappa shape index (κ2) is 8.43. The van der Waals surface area contributed by atoms with Crippen molar-refractivity contribution in [3.63, 3.8) is 0 Å². The van der Waals surface area contributed by atoms with Crippen LogP contribution in [-0.2, 0) is 6.54 Å². The fourth-order valence-electron chi connectivity index (χ4n) is 3.24. The summed E-state index contributed by atoms with van der Waals surface area (Å²) in [6.07, 6.45) is 1.43. The molecule has 3 aromatic heterocycles. The highest BCUT2D eigenvalue weighted by Gasteiger charge is 2.16. The fraction of sp³-hybridized carbons (Fsp3) is 0.150. The lowest BCUT2D eigenvalue weighted by atomic mass is 10.2. The van der Waals surface area contributed by atoms with E-state index in [9.17, 15) is 9.90 Å². The van der Waals surface area contributed by atoms with Crippen molar-refractivity contribution in [2.45, 2.75) is 13.5 Å². The number of carbonyl (C=O) groups is 1. The van der Waals surface area contributed by atoms with Gasteiger partial charge in [-0.3, -0.25) is 0 Å². The molecule has 3 heterocycles. The Morgan fingerprint density at radius 1 is 1.13 bits per heavy atom. The number of halogens is 3. The highest BCUT2D eigenvalue weighted by Crippen LogP contribution is 2.34. The van der Waals surface area contributed by atoms with E-state index in [4.69, 9.17) is 34.8 Å². The Kier molecular flexibility index (Phi) is 5.88. The van der Waals surface area contributed by atoms with Crippen LogP contribution in [-0.4, -0.2) is 32.2 Å². The number of anilines is 1. The maximum absolute atomic E-state index is 11.2. The molecule has 0 radical (unpaired) electrons. The van der Waals surface area contributed by atoms with Crippen molar-refractivity contribution >= 4 is 68.8 Å². The van der Waals surface area contributed by atoms with E-state index in [0.717, 1.165) is 27.9 Å². The van der Waals surface area contributed by atoms with Crippen LogP contribution in [0.4, 0.5) is 5.82 Å². The Bertz CT molecular complexity index is 1270. The van der Waals surface area contributed by atoms with Gasteiger partial charge in [-0.15, -0.1) is 11.3 Å². The van der Waals surface area contributed by atoms with Gasteiger partial charge >= 0.3 is 5.97 Å². The molecule has 0 amide bonds. The number of fused-ring (bicyclic) bond motifs is 1. The summed E-state index contributed by atoms with van der Waals surface area (Å²) in [5, 5.41) is 14.8. The molecule has 10 heteroatoms. The number of nitrogens with zero attached hydrogens (tertiary/aromatic N) is 3. The van der Waals surface area contributed by atoms with Gasteiger partial charge in [-0.2, -0.15) is 0 Å². The van der Waals surface area contributed by atoms with Gasteiger partial charge in [0.1, 0.15) is 17.0 Å². The summed E-state index contributed by atoms with van der Waals surface area (Å²) in [6, 6.07) is 9.05. The minimum Gasteiger partial charge on any atom is -0.477 e. The van der Waals surface area contributed by atoms with Gasteiger partial charge in [-0.1, -0.05) is 34.8 Å². The predicted molar refractivity (Wildman–Crippen MR) is 122 cm³/mol. The molecule has 4 aromatic rings. The lowest BCUT2D eigenvalue weighted by Gasteiger charge is -2.11. The molecule has 6 nitrogen and oxygen atoms in total. The number of nitrogens with one attached hydrogen (secondary N) is 1. The number of hydrogen-bond donors (Lipinski definition) is 2. The molecule has 30 heavy (non-hydrogen) atoms. The van der Waals surface area contributed by atoms with Gasteiger partial charge in [0.25, 0.3) is 0 Å². The Balaban J connectivity index is 1.51. The van der Waals surface area contributed by atoms with E-state index in [1.807, 2.05) is 19.1 Å². The van der Waals surface area contributed by atoms with E-state index < -0.39 is 5.97 Å². The number of thiophene rings is 1. The number of carboxylic acid groups (broad SMARTS) is 1. The van der Waals surface area contributed by atoms with Crippen molar-refractivity contribution in [3.8, 4) is 10.6 Å². The largest absolute Gasteiger partial charge is 0.477 e. The lowest BCUT2D eigenvalue weighted by molar-refractivity contribution is 0.0702. The molecule has 0 spiro atoms. The van der Waals surface area contributed by atoms with Gasteiger partial charge in [0.2, 0.25) is 0 Å². The summed E-state index contributed by atoms with van der Waals surface area (Å²) < 4.78 is 2.14. The van der Waals surface area contributed by atoms with E-state index in [-0.39, 0.29) is 9.90 Å². The maximum Gasteiger partial charge on any atom is 0.347 e. The Morgan fingerprint density at radius 3 is 2.67 bits per heavy atom. The lowest BCUT2D eigenvalue weighted by Crippen LogP contribution is -2.12. The van der Waals surface area contributed by atoms with Gasteiger partial charge in [0, 0.05) is 35.3 Å². The maximum atomic E-state index is 11.2. The molecule has 4 rings (SSSR count). The SMILES string of the molecule is Cc1cc2c(Cl)cc(Cl)cc2n1CCNc1cc(-c2cc(Cl)c(C(=O)O)s2)ncn1. The summed E-state index contributed by atoms with van der Waals surface area (Å²) in [6.45, 7) is 3.31. The van der Waals surface area contributed by atoms with Crippen molar-refractivity contribution in [1.29, 1.82) is 0 Å². The Hall–Kier alpha value is -2.32. The minimum atomic E-state index is -1.06. The number of hydrogen-bond acceptors (Lipinski definition) is 5. The molecule has 0 atom stereocenters. The molecule has 0 aliphatic carbocycles. The smallest absolute Gasteiger partial charge is 0.347 e. The summed E-state index contributed by atoms with van der Waals surface area (Å²) in [4.78, 5) is 20.4. The highest BCUT2D eigenvalue weighted by molar-refractivity contribution is 7.17. The van der Waals surface area contributed by atoms with Crippen LogP contribution in [0.3, 0.4) is 0 Å². The predicted octanol–water partition coefficient (Wildman–Crippen LogP) is 6.24. The van der Waals surface area contributed by atoms with Crippen LogP contribution >= 0.6 is 46.1 Å². The average molecular weight is 482 g/mol. The van der Waals surface area contributed by atoms with Crippen molar-refractivity contribution < 1.29 is 9.90 Å². The van der Waals surface area contributed by atoms with E-state index >= 15 is 0 Å². The van der Waals surface area contributed by atoms with Crippen LogP contribution in [0.2, 0.25) is 15.1 Å². The summed E-state index contributed by atoms with van der Waals surface area (Å²) in [5.41, 5.74) is 2.66. The third kappa shape index (κ3) is 4.11. The normalized spacial score (nSPS) is 11.2. The van der Waals surface area contributed by atoms with Gasteiger partial charge < -0.3 is 15.0 Å². The second-order valence-electron chi connectivity index (χ2n) is 6.57. The van der Waals surface area contributed by atoms with E-state index in [1.54, 1.807) is 18.2 Å². The summed E-state index contributed by atoms with van der Waals surface area (Å²) >= 11 is 19.6. The van der Waals surface area contributed by atoms with Crippen molar-refractivity contribution in [2.75, 3.05) is 11.9 Å². The number of aryl methyl sites for hydroxylation is 1. The molecule has 1 aromatic carbocycles. The quantitative estimate of drug-likeness (QED) is 0.341. The van der Waals surface area contributed by atoms with Crippen LogP contribution in [0, 0.1) is 6.92 Å². The van der Waals surface area contributed by atoms with E-state index in [2.05, 4.69) is 19.9 Å². The second-order valence-corrected chi connectivity index (χ2v) is 8.87. The number of carboxylic acids is 1. The minimum absolute atomic E-state index is 0.0899. The van der Waals surface area contributed by atoms with Crippen LogP contribution in [0.1, 0.15) is 15.4 Å². The Morgan fingerprint density at radius 2 is 1.93 bits per heavy atom. The summed E-state index contributed by atoms with van der Waals surface area (Å²) in [7, 11) is 0. The number of aromatic carboxylic acids is 1. The molecular formula is C20H15Cl3N4O2S. The van der Waals surface area contributed by atoms with Gasteiger partial charge in [-0.05, 0) is 31.2 Å². The van der Waals surface area contributed by atoms with Crippen LogP contribution in [0.15, 0.2) is 36.7 Å². The third-order valence-electron chi connectivity index (χ3n) is 4.58. The molecule has 0 unspecified atom stereocenters. The monoisotopic (exact) mass is 480 g/mol. The van der Waals surface area contributed by atoms with Crippen LogP contribution in [0.25, 0.3) is 21.5 Å². The molecular weight excluding hydrogens is 467 g/mol. The Labute approximate surface area is 191 Å². The third-order valence-corrected chi connectivity index (χ3v) is 6.67. The number of rotatable bonds is 6. The molecule has 0 bridgehead atoms. The zero-order chi connectivity index (χ0) is 21.4. The van der Waals surface area contributed by atoms with E-state index in [0.29, 0.717) is 39.5 Å². The van der Waals surface area contributed by atoms with Gasteiger partial charge in [0.15, 0.2) is 0 Å². The first-order valence-electron chi connectivity index (χ1n) is 8.87. The first-order chi connectivity index (χ1) is 14.3. The zero-order valence-corrected chi connectivity index (χ0v) is 18.7. The topological polar surface area (TPSA) is 80.0 Å². The molecule has 0 saturated carbocycles. The summed E-state index contributed by atoms with van der Waals surface area (Å²) in [5.74, 6) is -0.426. The molecule has 2 N–H and O–H groups in total. The first-order valence-corrected chi connectivity index (χ1v) is 10.8. The average Bonchev–Trinajstić information content (AvgIpc) is 3.23. The van der Waals surface area contributed by atoms with Crippen LogP contribution in [0.5, 0.6) is 0 Å². The molecule has 0 fully saturated rings. The molecule has 0 aliphatic heterocycles. The van der Waals surface area contributed by atoms with Crippen molar-refractivity contribution in [1.82, 2.24) is 14.5 Å². The molecule has 0 aliphatic rings. The first kappa shape index (κ1) is 20.9. The fourth-order valence-corrected chi connectivity index (χ4v) is 5.00. The van der Waals surface area contributed by atoms with Gasteiger partial charge in [-0.25, -0.2) is 14.8 Å². The number of aromatic nitrogens is 3. The van der Waals surface area contributed by atoms with Crippen LogP contribution < -0.4 is 5.32 Å². The van der Waals surface area contributed by atoms with Crippen molar-refractivity contribution in [3.05, 3.63) is 62.3 Å². The van der Waals surface area contributed by atoms with Crippen molar-refractivity contribution in [2.24, 2.45) is 0 Å². The van der Waals surface area contributed by atoms with Gasteiger partial charge in [0.05, 0.1) is 26.1 Å². The molecule has 154 valence electrons. The standard InChI is InChI=1S/C20H15Cl3N4O2S/c1-10-4-12-13(22)5-11(21)6-16(12)27(10)3-2-24-18-8-15(25-9-26-18)17-7-14(23)19(30-17)20(28)29/h4-9H,2-3H2,1H3,(H,28,29)(H,24,25,26). The zero-order valence-electron chi connectivity index (χ0n) is 15.6. The molecule has 0 saturated heterocycles.